The molecule has 0 spiro atoms. The summed E-state index contributed by atoms with van der Waals surface area (Å²) in [7, 11) is 0. The minimum absolute atomic E-state index is 0.238. The fraction of sp³-hybridized carbons (Fsp3) is 0.933. The van der Waals surface area contributed by atoms with Gasteiger partial charge in [-0.3, -0.25) is 9.69 Å². The third-order valence-corrected chi connectivity index (χ3v) is 4.82. The molecule has 1 heterocycles. The van der Waals surface area contributed by atoms with Crippen molar-refractivity contribution in [3.05, 3.63) is 0 Å². The lowest BCUT2D eigenvalue weighted by Crippen LogP contribution is -2.45. The molecule has 2 fully saturated rings. The lowest BCUT2D eigenvalue weighted by Gasteiger charge is -2.35. The summed E-state index contributed by atoms with van der Waals surface area (Å²) in [5.41, 5.74) is 0. The van der Waals surface area contributed by atoms with Crippen LogP contribution in [0, 0.1) is 0 Å². The summed E-state index contributed by atoms with van der Waals surface area (Å²) in [5.74, 6) is -0.663. The number of carboxylic acids is 1. The second-order valence-electron chi connectivity index (χ2n) is 6.02. The van der Waals surface area contributed by atoms with Crippen molar-refractivity contribution in [1.82, 2.24) is 9.80 Å². The van der Waals surface area contributed by atoms with Crippen LogP contribution in [-0.2, 0) is 4.79 Å². The molecule has 2 rings (SSSR count). The van der Waals surface area contributed by atoms with Gasteiger partial charge >= 0.3 is 5.97 Å². The summed E-state index contributed by atoms with van der Waals surface area (Å²) in [6, 6.07) is 1.00. The normalized spacial score (nSPS) is 26.7. The molecule has 1 aliphatic heterocycles. The molecule has 4 heteroatoms. The maximum atomic E-state index is 11.2. The third-order valence-electron chi connectivity index (χ3n) is 4.82. The van der Waals surface area contributed by atoms with Crippen LogP contribution in [0.15, 0.2) is 0 Å². The molecule has 1 atom stereocenters. The van der Waals surface area contributed by atoms with Gasteiger partial charge in [-0.1, -0.05) is 19.8 Å². The van der Waals surface area contributed by atoms with Crippen molar-refractivity contribution in [2.45, 2.75) is 64.0 Å². The van der Waals surface area contributed by atoms with Crippen molar-refractivity contribution >= 4 is 5.97 Å². The van der Waals surface area contributed by atoms with Crippen LogP contribution in [0.25, 0.3) is 0 Å². The van der Waals surface area contributed by atoms with Crippen LogP contribution in [0.1, 0.15) is 51.9 Å². The van der Waals surface area contributed by atoms with Crippen molar-refractivity contribution < 1.29 is 9.90 Å². The van der Waals surface area contributed by atoms with Crippen molar-refractivity contribution in [2.24, 2.45) is 0 Å². The maximum Gasteiger partial charge on any atom is 0.317 e. The van der Waals surface area contributed by atoms with E-state index in [-0.39, 0.29) is 6.54 Å². The first-order chi connectivity index (χ1) is 9.20. The largest absolute Gasteiger partial charge is 0.480 e. The molecule has 1 saturated carbocycles. The first-order valence-corrected chi connectivity index (χ1v) is 7.90. The molecule has 0 aromatic rings. The Hall–Kier alpha value is -0.610. The minimum atomic E-state index is -0.663. The smallest absolute Gasteiger partial charge is 0.317 e. The second kappa shape index (κ2) is 7.25. The fourth-order valence-corrected chi connectivity index (χ4v) is 3.73. The van der Waals surface area contributed by atoms with Crippen molar-refractivity contribution in [2.75, 3.05) is 26.2 Å². The Kier molecular flexibility index (Phi) is 5.64. The molecule has 1 saturated heterocycles. The summed E-state index contributed by atoms with van der Waals surface area (Å²) in [6.07, 6.45) is 8.45. The summed E-state index contributed by atoms with van der Waals surface area (Å²) in [4.78, 5) is 16.0. The van der Waals surface area contributed by atoms with E-state index < -0.39 is 5.97 Å². The summed E-state index contributed by atoms with van der Waals surface area (Å²) >= 11 is 0. The number of hydrogen-bond donors (Lipinski definition) is 1. The molecule has 0 aromatic heterocycles. The zero-order valence-electron chi connectivity index (χ0n) is 12.2. The van der Waals surface area contributed by atoms with E-state index in [4.69, 9.17) is 0 Å². The quantitative estimate of drug-likeness (QED) is 0.830. The van der Waals surface area contributed by atoms with Crippen LogP contribution < -0.4 is 0 Å². The molecule has 2 aliphatic rings. The van der Waals surface area contributed by atoms with Gasteiger partial charge in [-0.2, -0.15) is 0 Å². The van der Waals surface area contributed by atoms with Crippen LogP contribution in [0.4, 0.5) is 0 Å². The Balaban J connectivity index is 1.98. The highest BCUT2D eigenvalue weighted by Crippen LogP contribution is 2.28. The van der Waals surface area contributed by atoms with Gasteiger partial charge in [-0.15, -0.1) is 0 Å². The highest BCUT2D eigenvalue weighted by Gasteiger charge is 2.31. The third kappa shape index (κ3) is 4.18. The number of rotatable bonds is 5. The molecule has 110 valence electrons. The van der Waals surface area contributed by atoms with Gasteiger partial charge in [-0.05, 0) is 51.7 Å². The van der Waals surface area contributed by atoms with Crippen LogP contribution in [0.3, 0.4) is 0 Å². The molecule has 1 unspecified atom stereocenters. The summed E-state index contributed by atoms with van der Waals surface area (Å²) in [5, 5.41) is 9.19. The van der Waals surface area contributed by atoms with Gasteiger partial charge in [0.1, 0.15) is 0 Å². The van der Waals surface area contributed by atoms with Gasteiger partial charge in [0.2, 0.25) is 0 Å². The zero-order valence-corrected chi connectivity index (χ0v) is 12.2. The lowest BCUT2D eigenvalue weighted by atomic mass is 10.0. The van der Waals surface area contributed by atoms with Crippen LogP contribution in [-0.4, -0.2) is 59.1 Å². The van der Waals surface area contributed by atoms with Crippen LogP contribution >= 0.6 is 0 Å². The molecule has 0 bridgehead atoms. The van der Waals surface area contributed by atoms with E-state index in [1.807, 2.05) is 0 Å². The number of aliphatic carboxylic acids is 1. The molecular formula is C15H28N2O2. The van der Waals surface area contributed by atoms with Gasteiger partial charge in [0.15, 0.2) is 0 Å². The Labute approximate surface area is 116 Å². The zero-order chi connectivity index (χ0) is 13.7. The predicted octanol–water partition coefficient (Wildman–Crippen LogP) is 2.19. The van der Waals surface area contributed by atoms with E-state index in [2.05, 4.69) is 16.7 Å². The molecule has 0 radical (unpaired) electrons. The SMILES string of the molecule is CCN1CCCC(N(CC(=O)O)C2CCCC2)CC1. The Bertz CT molecular complexity index is 290. The highest BCUT2D eigenvalue weighted by atomic mass is 16.4. The number of hydrogen-bond acceptors (Lipinski definition) is 3. The minimum Gasteiger partial charge on any atom is -0.480 e. The van der Waals surface area contributed by atoms with E-state index in [0.29, 0.717) is 12.1 Å². The molecule has 19 heavy (non-hydrogen) atoms. The molecule has 1 N–H and O–H groups in total. The lowest BCUT2D eigenvalue weighted by molar-refractivity contribution is -0.139. The Morgan fingerprint density at radius 3 is 2.37 bits per heavy atom. The molecule has 4 nitrogen and oxygen atoms in total. The standard InChI is InChI=1S/C15H28N2O2/c1-2-16-10-5-8-14(9-11-16)17(12-15(18)19)13-6-3-4-7-13/h13-14H,2-12H2,1H3,(H,18,19). The van der Waals surface area contributed by atoms with E-state index in [9.17, 15) is 9.90 Å². The number of carbonyl (C=O) groups is 1. The average Bonchev–Trinajstić information content (AvgIpc) is 2.80. The van der Waals surface area contributed by atoms with E-state index >= 15 is 0 Å². The van der Waals surface area contributed by atoms with E-state index in [1.54, 1.807) is 0 Å². The summed E-state index contributed by atoms with van der Waals surface area (Å²) < 4.78 is 0. The maximum absolute atomic E-state index is 11.2. The van der Waals surface area contributed by atoms with Crippen LogP contribution in [0.5, 0.6) is 0 Å². The first-order valence-electron chi connectivity index (χ1n) is 7.90. The number of nitrogens with zero attached hydrogens (tertiary/aromatic N) is 2. The monoisotopic (exact) mass is 268 g/mol. The average molecular weight is 268 g/mol. The van der Waals surface area contributed by atoms with Gasteiger partial charge in [0, 0.05) is 12.1 Å². The molecule has 1 aliphatic carbocycles. The van der Waals surface area contributed by atoms with E-state index in [1.165, 1.54) is 45.1 Å². The molecule has 0 aromatic carbocycles. The molecule has 0 amide bonds. The summed E-state index contributed by atoms with van der Waals surface area (Å²) in [6.45, 7) is 5.88. The van der Waals surface area contributed by atoms with Gasteiger partial charge in [-0.25, -0.2) is 0 Å². The van der Waals surface area contributed by atoms with E-state index in [0.717, 1.165) is 19.5 Å². The van der Waals surface area contributed by atoms with Gasteiger partial charge < -0.3 is 10.0 Å². The van der Waals surface area contributed by atoms with Crippen molar-refractivity contribution in [3.8, 4) is 0 Å². The predicted molar refractivity (Wildman–Crippen MR) is 76.4 cm³/mol. The van der Waals surface area contributed by atoms with Gasteiger partial charge in [0.05, 0.1) is 6.54 Å². The fourth-order valence-electron chi connectivity index (χ4n) is 3.73. The highest BCUT2D eigenvalue weighted by molar-refractivity contribution is 5.69. The second-order valence-corrected chi connectivity index (χ2v) is 6.02. The molecular weight excluding hydrogens is 240 g/mol. The van der Waals surface area contributed by atoms with Crippen molar-refractivity contribution in [1.29, 1.82) is 0 Å². The van der Waals surface area contributed by atoms with Crippen LogP contribution in [0.2, 0.25) is 0 Å². The number of likely N-dealkylation sites (tertiary alicyclic amines) is 1. The van der Waals surface area contributed by atoms with Crippen molar-refractivity contribution in [3.63, 3.8) is 0 Å². The topological polar surface area (TPSA) is 43.8 Å². The Morgan fingerprint density at radius 1 is 1.11 bits per heavy atom. The van der Waals surface area contributed by atoms with Gasteiger partial charge in [0.25, 0.3) is 0 Å². The first kappa shape index (κ1) is 14.8. The Morgan fingerprint density at radius 2 is 1.74 bits per heavy atom. The number of carboxylic acid groups (broad SMARTS) is 1.